The largest absolute Gasteiger partial charge is 0.491 e. The predicted octanol–water partition coefficient (Wildman–Crippen LogP) is 2.17. The first-order chi connectivity index (χ1) is 13.7. The molecule has 29 heavy (non-hydrogen) atoms. The van der Waals surface area contributed by atoms with Crippen LogP contribution in [0.2, 0.25) is 0 Å². The van der Waals surface area contributed by atoms with Gasteiger partial charge >= 0.3 is 0 Å². The number of ketones is 1. The van der Waals surface area contributed by atoms with E-state index in [4.69, 9.17) is 10.00 Å². The summed E-state index contributed by atoms with van der Waals surface area (Å²) in [5, 5.41) is 19.2. The number of ether oxygens (including phenoxy) is 1. The van der Waals surface area contributed by atoms with Crippen molar-refractivity contribution in [2.45, 2.75) is 33.3 Å². The van der Waals surface area contributed by atoms with Crippen LogP contribution in [0.3, 0.4) is 0 Å². The van der Waals surface area contributed by atoms with Crippen molar-refractivity contribution in [3.63, 3.8) is 0 Å². The summed E-state index contributed by atoms with van der Waals surface area (Å²) in [5.74, 6) is 2.09. The van der Waals surface area contributed by atoms with Gasteiger partial charge in [0.1, 0.15) is 18.5 Å². The van der Waals surface area contributed by atoms with Crippen molar-refractivity contribution in [3.8, 4) is 11.8 Å². The van der Waals surface area contributed by atoms with E-state index in [0.717, 1.165) is 26.2 Å². The quantitative estimate of drug-likeness (QED) is 0.757. The summed E-state index contributed by atoms with van der Waals surface area (Å²) in [7, 11) is 0. The number of piperidine rings is 2. The number of aliphatic hydroxyl groups is 1. The highest BCUT2D eigenvalue weighted by molar-refractivity contribution is 5.85. The Morgan fingerprint density at radius 1 is 1.17 bits per heavy atom. The summed E-state index contributed by atoms with van der Waals surface area (Å²) in [5.41, 5.74) is 0.313. The van der Waals surface area contributed by atoms with Gasteiger partial charge in [0.25, 0.3) is 0 Å². The number of Topliss-reactive ketones (excluding diaryl/α,β-unsaturated/α-hetero) is 1. The van der Waals surface area contributed by atoms with Gasteiger partial charge in [-0.3, -0.25) is 14.6 Å². The van der Waals surface area contributed by atoms with Crippen molar-refractivity contribution < 1.29 is 14.6 Å². The first-order valence-electron chi connectivity index (χ1n) is 10.5. The maximum absolute atomic E-state index is 12.4. The fourth-order valence-electron chi connectivity index (χ4n) is 4.38. The molecule has 0 aromatic heterocycles. The highest BCUT2D eigenvalue weighted by Crippen LogP contribution is 2.29. The molecule has 2 bridgehead atoms. The number of nitriles is 1. The molecule has 2 fully saturated rings. The second-order valence-corrected chi connectivity index (χ2v) is 9.65. The molecule has 6 heteroatoms. The normalized spacial score (nSPS) is 24.0. The molecule has 0 amide bonds. The second-order valence-electron chi connectivity index (χ2n) is 9.65. The number of β-amino-alcohol motifs (C(OH)–C–C–N with tert-alkyl or cyclic N) is 1. The smallest absolute Gasteiger partial charge is 0.152 e. The van der Waals surface area contributed by atoms with Crippen LogP contribution < -0.4 is 4.74 Å². The monoisotopic (exact) mass is 399 g/mol. The van der Waals surface area contributed by atoms with E-state index in [1.807, 2.05) is 20.8 Å². The van der Waals surface area contributed by atoms with E-state index >= 15 is 0 Å². The number of hydrogen-bond acceptors (Lipinski definition) is 6. The zero-order valence-corrected chi connectivity index (χ0v) is 17.8. The lowest BCUT2D eigenvalue weighted by Gasteiger charge is -2.46. The SMILES string of the molecule is CC(C)(C)C(=O)CN1CC2CC(C1)CN(CC(O)COc1ccc(C#N)cc1)C2. The zero-order chi connectivity index (χ0) is 21.0. The van der Waals surface area contributed by atoms with E-state index in [-0.39, 0.29) is 12.0 Å². The molecule has 6 nitrogen and oxygen atoms in total. The van der Waals surface area contributed by atoms with Crippen molar-refractivity contribution in [2.24, 2.45) is 17.3 Å². The molecule has 0 saturated carbocycles. The number of nitrogens with zero attached hydrogens (tertiary/aromatic N) is 3. The number of hydrogen-bond donors (Lipinski definition) is 1. The van der Waals surface area contributed by atoms with Gasteiger partial charge in [-0.2, -0.15) is 5.26 Å². The van der Waals surface area contributed by atoms with E-state index in [0.29, 0.717) is 42.0 Å². The van der Waals surface area contributed by atoms with Crippen LogP contribution in [0.25, 0.3) is 0 Å². The van der Waals surface area contributed by atoms with Gasteiger partial charge in [-0.15, -0.1) is 0 Å². The molecule has 2 heterocycles. The average Bonchev–Trinajstić information content (AvgIpc) is 2.65. The molecule has 0 radical (unpaired) electrons. The summed E-state index contributed by atoms with van der Waals surface area (Å²) < 4.78 is 5.66. The van der Waals surface area contributed by atoms with Crippen LogP contribution in [0.4, 0.5) is 0 Å². The third-order valence-electron chi connectivity index (χ3n) is 5.83. The maximum Gasteiger partial charge on any atom is 0.152 e. The first-order valence-corrected chi connectivity index (χ1v) is 10.5. The van der Waals surface area contributed by atoms with Gasteiger partial charge in [0, 0.05) is 38.1 Å². The number of aliphatic hydroxyl groups excluding tert-OH is 1. The Kier molecular flexibility index (Phi) is 6.94. The Hall–Kier alpha value is -1.94. The van der Waals surface area contributed by atoms with E-state index in [2.05, 4.69) is 15.9 Å². The van der Waals surface area contributed by atoms with E-state index in [9.17, 15) is 9.90 Å². The number of rotatable bonds is 7. The molecule has 2 aliphatic rings. The van der Waals surface area contributed by atoms with Crippen LogP contribution in [-0.4, -0.2) is 72.7 Å². The molecule has 3 rings (SSSR count). The Balaban J connectivity index is 1.43. The number of likely N-dealkylation sites (tertiary alicyclic amines) is 2. The Morgan fingerprint density at radius 2 is 1.76 bits per heavy atom. The second kappa shape index (κ2) is 9.25. The van der Waals surface area contributed by atoms with Gasteiger partial charge in [0.05, 0.1) is 18.2 Å². The third kappa shape index (κ3) is 6.27. The standard InChI is InChI=1S/C23H33N3O3/c1-23(2,3)22(28)15-26-12-18-8-19(13-26)11-25(10-18)14-20(27)16-29-21-6-4-17(9-24)5-7-21/h4-7,18-20,27H,8,10-16H2,1-3H3. The molecule has 3 atom stereocenters. The minimum Gasteiger partial charge on any atom is -0.491 e. The van der Waals surface area contributed by atoms with E-state index in [1.165, 1.54) is 6.42 Å². The number of carbonyl (C=O) groups is 1. The summed E-state index contributed by atoms with van der Waals surface area (Å²) >= 11 is 0. The molecule has 2 saturated heterocycles. The summed E-state index contributed by atoms with van der Waals surface area (Å²) in [6.07, 6.45) is 0.664. The van der Waals surface area contributed by atoms with E-state index < -0.39 is 6.10 Å². The average molecular weight is 400 g/mol. The van der Waals surface area contributed by atoms with Crippen LogP contribution in [-0.2, 0) is 4.79 Å². The van der Waals surface area contributed by atoms with Crippen molar-refractivity contribution in [1.82, 2.24) is 9.80 Å². The third-order valence-corrected chi connectivity index (χ3v) is 5.83. The molecular weight excluding hydrogens is 366 g/mol. The van der Waals surface area contributed by atoms with Crippen molar-refractivity contribution in [3.05, 3.63) is 29.8 Å². The fraction of sp³-hybridized carbons (Fsp3) is 0.652. The van der Waals surface area contributed by atoms with Gasteiger partial charge < -0.3 is 9.84 Å². The van der Waals surface area contributed by atoms with Crippen molar-refractivity contribution in [2.75, 3.05) is 45.9 Å². The Morgan fingerprint density at radius 3 is 2.31 bits per heavy atom. The van der Waals surface area contributed by atoms with Gasteiger partial charge in [-0.05, 0) is 42.5 Å². The van der Waals surface area contributed by atoms with E-state index in [1.54, 1.807) is 24.3 Å². The molecule has 1 aromatic rings. The molecule has 3 unspecified atom stereocenters. The Bertz CT molecular complexity index is 721. The highest BCUT2D eigenvalue weighted by atomic mass is 16.5. The van der Waals surface area contributed by atoms with Crippen LogP contribution >= 0.6 is 0 Å². The van der Waals surface area contributed by atoms with Gasteiger partial charge in [-0.1, -0.05) is 20.8 Å². The summed E-state index contributed by atoms with van der Waals surface area (Å²) in [6.45, 7) is 11.2. The minimum atomic E-state index is -0.553. The molecule has 0 spiro atoms. The molecule has 1 N–H and O–H groups in total. The molecule has 2 aliphatic heterocycles. The fourth-order valence-corrected chi connectivity index (χ4v) is 4.38. The molecule has 158 valence electrons. The van der Waals surface area contributed by atoms with Gasteiger partial charge in [0.2, 0.25) is 0 Å². The van der Waals surface area contributed by atoms with Crippen LogP contribution in [0.1, 0.15) is 32.8 Å². The first kappa shape index (κ1) is 21.8. The lowest BCUT2D eigenvalue weighted by atomic mass is 9.83. The van der Waals surface area contributed by atoms with Crippen LogP contribution in [0.15, 0.2) is 24.3 Å². The lowest BCUT2D eigenvalue weighted by molar-refractivity contribution is -0.128. The van der Waals surface area contributed by atoms with Crippen molar-refractivity contribution >= 4 is 5.78 Å². The highest BCUT2D eigenvalue weighted by Gasteiger charge is 2.36. The van der Waals surface area contributed by atoms with Gasteiger partial charge in [0.15, 0.2) is 5.78 Å². The minimum absolute atomic E-state index is 0.240. The topological polar surface area (TPSA) is 76.8 Å². The van der Waals surface area contributed by atoms with Crippen LogP contribution in [0, 0.1) is 28.6 Å². The lowest BCUT2D eigenvalue weighted by Crippen LogP contribution is -2.55. The zero-order valence-electron chi connectivity index (χ0n) is 17.8. The Labute approximate surface area is 174 Å². The number of fused-ring (bicyclic) bond motifs is 2. The molecular formula is C23H33N3O3. The maximum atomic E-state index is 12.4. The number of carbonyl (C=O) groups excluding carboxylic acids is 1. The van der Waals surface area contributed by atoms with Gasteiger partial charge in [-0.25, -0.2) is 0 Å². The number of benzene rings is 1. The van der Waals surface area contributed by atoms with Crippen LogP contribution in [0.5, 0.6) is 5.75 Å². The van der Waals surface area contributed by atoms with Crippen molar-refractivity contribution in [1.29, 1.82) is 5.26 Å². The molecule has 1 aromatic carbocycles. The summed E-state index contributed by atoms with van der Waals surface area (Å²) in [4.78, 5) is 17.0. The molecule has 0 aliphatic carbocycles. The summed E-state index contributed by atoms with van der Waals surface area (Å²) in [6, 6.07) is 9.01. The predicted molar refractivity (Wildman–Crippen MR) is 112 cm³/mol.